The molecule has 1 fully saturated rings. The van der Waals surface area contributed by atoms with E-state index in [1.54, 1.807) is 19.2 Å². The number of anilines is 1. The monoisotopic (exact) mass is 287 g/mol. The van der Waals surface area contributed by atoms with Crippen molar-refractivity contribution in [2.75, 3.05) is 18.6 Å². The molecule has 1 aliphatic rings. The first-order valence-electron chi connectivity index (χ1n) is 6.58. The van der Waals surface area contributed by atoms with Gasteiger partial charge in [0.1, 0.15) is 29.6 Å². The largest absolute Gasteiger partial charge is 0.380 e. The zero-order valence-electron chi connectivity index (χ0n) is 11.5. The van der Waals surface area contributed by atoms with E-state index in [0.29, 0.717) is 24.5 Å². The fourth-order valence-corrected chi connectivity index (χ4v) is 2.73. The molecular formula is C14H14FN5O. The van der Waals surface area contributed by atoms with Crippen molar-refractivity contribution in [3.8, 4) is 6.07 Å². The number of hydrogen-bond acceptors (Lipinski definition) is 5. The van der Waals surface area contributed by atoms with E-state index in [4.69, 9.17) is 4.74 Å². The zero-order chi connectivity index (χ0) is 14.8. The van der Waals surface area contributed by atoms with Crippen LogP contribution in [0, 0.1) is 17.1 Å². The number of nitriles is 1. The number of H-pyrrole nitrogens is 1. The first-order chi connectivity index (χ1) is 10.2. The van der Waals surface area contributed by atoms with Gasteiger partial charge in [0.2, 0.25) is 0 Å². The third-order valence-corrected chi connectivity index (χ3v) is 3.76. The predicted octanol–water partition coefficient (Wildman–Crippen LogP) is 1.78. The first kappa shape index (κ1) is 13.5. The molecule has 7 heteroatoms. The third-order valence-electron chi connectivity index (χ3n) is 3.76. The smallest absolute Gasteiger partial charge is 0.147 e. The van der Waals surface area contributed by atoms with Crippen molar-refractivity contribution < 1.29 is 9.13 Å². The number of aromatic nitrogens is 3. The summed E-state index contributed by atoms with van der Waals surface area (Å²) in [7, 11) is 1.64. The quantitative estimate of drug-likeness (QED) is 0.931. The number of benzene rings is 1. The lowest BCUT2D eigenvalue weighted by Crippen LogP contribution is -2.26. The zero-order valence-corrected chi connectivity index (χ0v) is 11.5. The van der Waals surface area contributed by atoms with Crippen LogP contribution in [0.4, 0.5) is 10.1 Å². The van der Waals surface area contributed by atoms with Crippen molar-refractivity contribution >= 4 is 5.69 Å². The third kappa shape index (κ3) is 2.34. The van der Waals surface area contributed by atoms with Crippen LogP contribution in [0.5, 0.6) is 0 Å². The topological polar surface area (TPSA) is 77.8 Å². The molecule has 2 heterocycles. The van der Waals surface area contributed by atoms with Gasteiger partial charge in [-0.25, -0.2) is 9.37 Å². The number of hydrogen-bond donors (Lipinski definition) is 1. The summed E-state index contributed by atoms with van der Waals surface area (Å²) in [6.45, 7) is 0.569. The highest BCUT2D eigenvalue weighted by Crippen LogP contribution is 2.37. The van der Waals surface area contributed by atoms with E-state index in [0.717, 1.165) is 0 Å². The molecule has 6 nitrogen and oxygen atoms in total. The fourth-order valence-electron chi connectivity index (χ4n) is 2.73. The minimum absolute atomic E-state index is 0.00471. The lowest BCUT2D eigenvalue weighted by molar-refractivity contribution is 0.118. The SMILES string of the molecule is CO[C@@H]1C[C@@H](c2ncn[nH]2)N(c2cccc(F)c2C#N)C1. The maximum Gasteiger partial charge on any atom is 0.147 e. The number of methoxy groups -OCH3 is 1. The summed E-state index contributed by atoms with van der Waals surface area (Å²) < 4.78 is 19.3. The van der Waals surface area contributed by atoms with Crippen molar-refractivity contribution in [3.63, 3.8) is 0 Å². The van der Waals surface area contributed by atoms with E-state index in [1.807, 2.05) is 11.0 Å². The van der Waals surface area contributed by atoms with Gasteiger partial charge in [-0.15, -0.1) is 0 Å². The van der Waals surface area contributed by atoms with Crippen LogP contribution < -0.4 is 4.90 Å². The molecule has 2 aromatic rings. The molecule has 0 unspecified atom stereocenters. The van der Waals surface area contributed by atoms with Crippen LogP contribution in [0.3, 0.4) is 0 Å². The van der Waals surface area contributed by atoms with Gasteiger partial charge in [0, 0.05) is 20.1 Å². The van der Waals surface area contributed by atoms with Crippen LogP contribution in [-0.2, 0) is 4.74 Å². The molecule has 0 bridgehead atoms. The van der Waals surface area contributed by atoms with Gasteiger partial charge in [0.05, 0.1) is 17.8 Å². The Kier molecular flexibility index (Phi) is 3.54. The Balaban J connectivity index is 2.03. The maximum absolute atomic E-state index is 13.8. The van der Waals surface area contributed by atoms with Gasteiger partial charge in [0.25, 0.3) is 0 Å². The van der Waals surface area contributed by atoms with E-state index in [2.05, 4.69) is 15.2 Å². The summed E-state index contributed by atoms with van der Waals surface area (Å²) in [5, 5.41) is 15.9. The fraction of sp³-hybridized carbons (Fsp3) is 0.357. The number of nitrogens with one attached hydrogen (secondary N) is 1. The van der Waals surface area contributed by atoms with Crippen molar-refractivity contribution in [1.82, 2.24) is 15.2 Å². The Morgan fingerprint density at radius 3 is 3.05 bits per heavy atom. The van der Waals surface area contributed by atoms with E-state index < -0.39 is 5.82 Å². The van der Waals surface area contributed by atoms with E-state index in [1.165, 1.54) is 12.4 Å². The molecule has 1 aliphatic heterocycles. The summed E-state index contributed by atoms with van der Waals surface area (Å²) in [5.41, 5.74) is 0.595. The number of nitrogens with zero attached hydrogens (tertiary/aromatic N) is 4. The molecule has 0 radical (unpaired) electrons. The summed E-state index contributed by atoms with van der Waals surface area (Å²) in [5.74, 6) is 0.162. The second kappa shape index (κ2) is 5.50. The highest BCUT2D eigenvalue weighted by atomic mass is 19.1. The van der Waals surface area contributed by atoms with Crippen LogP contribution >= 0.6 is 0 Å². The summed E-state index contributed by atoms with van der Waals surface area (Å²) in [6.07, 6.45) is 2.13. The molecular weight excluding hydrogens is 273 g/mol. The average molecular weight is 287 g/mol. The van der Waals surface area contributed by atoms with Crippen molar-refractivity contribution in [2.24, 2.45) is 0 Å². The predicted molar refractivity (Wildman–Crippen MR) is 73.0 cm³/mol. The van der Waals surface area contributed by atoms with E-state index in [9.17, 15) is 9.65 Å². The van der Waals surface area contributed by atoms with Gasteiger partial charge in [-0.1, -0.05) is 6.07 Å². The highest BCUT2D eigenvalue weighted by molar-refractivity contribution is 5.61. The lowest BCUT2D eigenvalue weighted by atomic mass is 10.1. The molecule has 108 valence electrons. The molecule has 1 aromatic heterocycles. The molecule has 0 saturated carbocycles. The number of rotatable bonds is 3. The molecule has 2 atom stereocenters. The Morgan fingerprint density at radius 1 is 1.52 bits per heavy atom. The van der Waals surface area contributed by atoms with Gasteiger partial charge in [-0.05, 0) is 12.1 Å². The summed E-state index contributed by atoms with van der Waals surface area (Å²) in [4.78, 5) is 6.12. The molecule has 1 saturated heterocycles. The Labute approximate surface area is 121 Å². The minimum Gasteiger partial charge on any atom is -0.380 e. The van der Waals surface area contributed by atoms with Gasteiger partial charge in [0.15, 0.2) is 0 Å². The number of halogens is 1. The number of aromatic amines is 1. The van der Waals surface area contributed by atoms with E-state index in [-0.39, 0.29) is 17.7 Å². The Morgan fingerprint density at radius 2 is 2.38 bits per heavy atom. The molecule has 0 spiro atoms. The Hall–Kier alpha value is -2.46. The standard InChI is InChI=1S/C14H14FN5O/c1-21-9-5-13(14-17-8-18-19-14)20(7-9)12-4-2-3-11(15)10(12)6-16/h2-4,8-9,13H,5,7H2,1H3,(H,17,18,19)/t9-,13+/m1/s1. The first-order valence-corrected chi connectivity index (χ1v) is 6.58. The normalized spacial score (nSPS) is 21.5. The molecule has 1 N–H and O–H groups in total. The van der Waals surface area contributed by atoms with Gasteiger partial charge >= 0.3 is 0 Å². The van der Waals surface area contributed by atoms with Crippen LogP contribution in [0.25, 0.3) is 0 Å². The molecule has 3 rings (SSSR count). The van der Waals surface area contributed by atoms with Crippen LogP contribution in [0.15, 0.2) is 24.5 Å². The van der Waals surface area contributed by atoms with Crippen molar-refractivity contribution in [3.05, 3.63) is 41.7 Å². The van der Waals surface area contributed by atoms with Crippen LogP contribution in [-0.4, -0.2) is 34.9 Å². The molecule has 0 amide bonds. The average Bonchev–Trinajstić information content (AvgIpc) is 3.15. The number of ether oxygens (including phenoxy) is 1. The van der Waals surface area contributed by atoms with Crippen molar-refractivity contribution in [1.29, 1.82) is 5.26 Å². The molecule has 1 aromatic carbocycles. The second-order valence-electron chi connectivity index (χ2n) is 4.88. The van der Waals surface area contributed by atoms with Gasteiger partial charge in [-0.2, -0.15) is 10.4 Å². The van der Waals surface area contributed by atoms with Crippen LogP contribution in [0.2, 0.25) is 0 Å². The van der Waals surface area contributed by atoms with Crippen LogP contribution in [0.1, 0.15) is 23.9 Å². The lowest BCUT2D eigenvalue weighted by Gasteiger charge is -2.25. The van der Waals surface area contributed by atoms with Gasteiger partial charge < -0.3 is 9.64 Å². The minimum atomic E-state index is -0.521. The Bertz CT molecular complexity index is 666. The second-order valence-corrected chi connectivity index (χ2v) is 4.88. The van der Waals surface area contributed by atoms with Crippen molar-refractivity contribution in [2.45, 2.75) is 18.6 Å². The van der Waals surface area contributed by atoms with E-state index >= 15 is 0 Å². The maximum atomic E-state index is 13.8. The summed E-state index contributed by atoms with van der Waals surface area (Å²) in [6, 6.07) is 6.44. The molecule has 0 aliphatic carbocycles. The van der Waals surface area contributed by atoms with Gasteiger partial charge in [-0.3, -0.25) is 5.10 Å². The molecule has 21 heavy (non-hydrogen) atoms. The summed E-state index contributed by atoms with van der Waals surface area (Å²) >= 11 is 0. The highest BCUT2D eigenvalue weighted by Gasteiger charge is 2.36.